The molecule has 0 saturated heterocycles. The first-order valence-electron chi connectivity index (χ1n) is 0.333. The van der Waals surface area contributed by atoms with Gasteiger partial charge in [-0.15, -0.1) is 0 Å². The summed E-state index contributed by atoms with van der Waals surface area (Å²) in [4.78, 5) is 7.88. The van der Waals surface area contributed by atoms with E-state index in [0.29, 0.717) is 0 Å². The molecule has 0 spiro atoms. The molecule has 0 aromatic heterocycles. The van der Waals surface area contributed by atoms with Gasteiger partial charge in [0.25, 0.3) is 0 Å². The predicted molar refractivity (Wildman–Crippen MR) is 16.7 cm³/mol. The van der Waals surface area contributed by atoms with Crippen LogP contribution in [-0.4, -0.2) is 18.0 Å². The molecule has 0 heterocycles. The minimum absolute atomic E-state index is 0. The molecule has 0 aliphatic rings. The van der Waals surface area contributed by atoms with E-state index in [4.69, 9.17) is 10.2 Å². The zero-order valence-corrected chi connectivity index (χ0v) is 4.90. The van der Waals surface area contributed by atoms with Gasteiger partial charge in [-0.1, -0.05) is 10.2 Å². The van der Waals surface area contributed by atoms with Crippen molar-refractivity contribution in [2.45, 2.75) is 0 Å². The zero-order chi connectivity index (χ0) is 2.71. The Balaban J connectivity index is 0. The molecule has 3 nitrogen and oxygen atoms in total. The van der Waals surface area contributed by atoms with Crippen molar-refractivity contribution in [3.8, 4) is 0 Å². The second-order valence-electron chi connectivity index (χ2n) is 0.0680. The number of rotatable bonds is 0. The van der Waals surface area contributed by atoms with Crippen LogP contribution in [0.25, 0.3) is 0 Å². The van der Waals surface area contributed by atoms with Gasteiger partial charge in [-0.05, 0) is 0 Å². The van der Waals surface area contributed by atoms with E-state index in [1.807, 2.05) is 0 Å². The Kier molecular flexibility index (Phi) is 27.9. The van der Waals surface area contributed by atoms with Crippen molar-refractivity contribution < 1.29 is 5.26 Å². The van der Waals surface area contributed by atoms with Crippen LogP contribution >= 0.6 is 0 Å². The molecule has 4 heteroatoms. The molecule has 0 amide bonds. The van der Waals surface area contributed by atoms with E-state index < -0.39 is 0 Å². The normalized spacial score (nSPS) is 3.00. The fourth-order valence-corrected chi connectivity index (χ4v) is 0. The summed E-state index contributed by atoms with van der Waals surface area (Å²) in [7, 11) is 0. The fraction of sp³-hybridized carbons (Fsp3) is 0. The van der Waals surface area contributed by atoms with E-state index in [-0.39, 0.29) is 18.0 Å². The van der Waals surface area contributed by atoms with Gasteiger partial charge in [-0.3, -0.25) is 0 Å². The zero-order valence-electron chi connectivity index (χ0n) is 1.93. The van der Waals surface area contributed by atoms with Crippen LogP contribution < -0.4 is 5.26 Å². The van der Waals surface area contributed by atoms with Crippen LogP contribution in [0, 0.1) is 9.71 Å². The van der Waals surface area contributed by atoms with E-state index in [1.165, 1.54) is 0 Å². The van der Waals surface area contributed by atoms with Crippen LogP contribution in [0.5, 0.6) is 0 Å². The average Bonchev–Trinajstić information content (AvgIpc) is 0.918. The summed E-state index contributed by atoms with van der Waals surface area (Å²) >= 11 is 0. The third-order valence-electron chi connectivity index (χ3n) is 0. The van der Waals surface area contributed by atoms with Crippen molar-refractivity contribution in [1.82, 2.24) is 0 Å². The molecule has 0 aliphatic carbocycles. The Bertz CT molecular complexity index is 10.8. The van der Waals surface area contributed by atoms with Crippen LogP contribution in [-0.2, 0) is 0 Å². The molecular formula is H3AsO3. The van der Waals surface area contributed by atoms with Gasteiger partial charge in [0, 0.05) is 0 Å². The van der Waals surface area contributed by atoms with Crippen LogP contribution in [0.4, 0.5) is 0 Å². The molecule has 0 bridgehead atoms. The first-order chi connectivity index (χ1) is 1.41. The van der Waals surface area contributed by atoms with Gasteiger partial charge < -0.3 is 0 Å². The van der Waals surface area contributed by atoms with Crippen molar-refractivity contribution in [3.63, 3.8) is 0 Å². The Morgan fingerprint density at radius 1 is 1.75 bits per heavy atom. The first kappa shape index (κ1) is 9.03. The first-order valence-corrected chi connectivity index (χ1v) is 0.333. The van der Waals surface area contributed by atoms with Gasteiger partial charge in [0.2, 0.25) is 0 Å². The molecule has 0 N–H and O–H groups in total. The Morgan fingerprint density at radius 2 is 1.75 bits per heavy atom. The third-order valence-corrected chi connectivity index (χ3v) is 0. The maximum atomic E-state index is 7.88. The fourth-order valence-electron chi connectivity index (χ4n) is 0. The van der Waals surface area contributed by atoms with E-state index >= 15 is 0 Å². The predicted octanol–water partition coefficient (Wildman–Crippen LogP) is -2.31. The molecule has 0 aromatic carbocycles. The van der Waals surface area contributed by atoms with E-state index in [1.54, 1.807) is 4.75 Å². The second kappa shape index (κ2) is 12.4. The van der Waals surface area contributed by atoms with Crippen molar-refractivity contribution in [2.75, 3.05) is 0 Å². The van der Waals surface area contributed by atoms with Crippen LogP contribution in [0.3, 0.4) is 0 Å². The Labute approximate surface area is 33.8 Å². The summed E-state index contributed by atoms with van der Waals surface area (Å²) in [5, 5.41) is 7.88. The van der Waals surface area contributed by atoms with Crippen molar-refractivity contribution in [1.29, 1.82) is 0 Å². The minimum atomic E-state index is 0. The van der Waals surface area contributed by atoms with Gasteiger partial charge in [0.1, 0.15) is 0 Å². The summed E-state index contributed by atoms with van der Waals surface area (Å²) in [6, 6.07) is 0. The van der Waals surface area contributed by atoms with E-state index in [0.717, 1.165) is 0 Å². The van der Waals surface area contributed by atoms with E-state index in [9.17, 15) is 0 Å². The molecule has 1 atom stereocenters. The topological polar surface area (TPSA) is 51.4 Å². The molecule has 0 fully saturated rings. The summed E-state index contributed by atoms with van der Waals surface area (Å²) in [6.07, 6.45) is 0. The summed E-state index contributed by atoms with van der Waals surface area (Å²) < 4.78 is 1.75. The average molecular weight is 126 g/mol. The molecule has 0 aliphatic heterocycles. The van der Waals surface area contributed by atoms with Gasteiger partial charge in [-0.2, -0.15) is 0 Å². The Morgan fingerprint density at radius 3 is 1.75 bits per heavy atom. The molecule has 0 radical (unpaired) electrons. The molecule has 0 saturated carbocycles. The van der Waals surface area contributed by atoms with Crippen LogP contribution in [0.15, 0.2) is 0 Å². The maximum absolute atomic E-state index is 7.88. The molecule has 0 aromatic rings. The van der Waals surface area contributed by atoms with Crippen molar-refractivity contribution in [2.24, 2.45) is 0 Å². The number of hydrogen-bond donors (Lipinski definition) is 0. The van der Waals surface area contributed by atoms with E-state index in [2.05, 4.69) is 0 Å². The molecule has 26 valence electrons. The van der Waals surface area contributed by atoms with Gasteiger partial charge >= 0.3 is 18.0 Å². The van der Waals surface area contributed by atoms with Gasteiger partial charge in [0.15, 0.2) is 4.75 Å². The standard InChI is InChI=1S/AsH3.O3/c;1-3-2/h1H3;. The molecular weight excluding hydrogens is 123 g/mol. The van der Waals surface area contributed by atoms with Crippen LogP contribution in [0.2, 0.25) is 0 Å². The second-order valence-corrected chi connectivity index (χ2v) is 0.0680. The summed E-state index contributed by atoms with van der Waals surface area (Å²) in [5.74, 6) is 0. The third kappa shape index (κ3) is 1040. The SMILES string of the molecule is O=[O+][O-].[AsH3]. The van der Waals surface area contributed by atoms with Crippen molar-refractivity contribution >= 4 is 18.0 Å². The monoisotopic (exact) mass is 126 g/mol. The van der Waals surface area contributed by atoms with Gasteiger partial charge in [-0.25, -0.2) is 0 Å². The summed E-state index contributed by atoms with van der Waals surface area (Å²) in [5.41, 5.74) is 0. The Hall–Kier alpha value is -0.0416. The molecule has 0 rings (SSSR count). The molecule has 1 unspecified atom stereocenters. The van der Waals surface area contributed by atoms with Crippen molar-refractivity contribution in [3.05, 3.63) is 9.71 Å². The van der Waals surface area contributed by atoms with Crippen LogP contribution in [0.1, 0.15) is 0 Å². The summed E-state index contributed by atoms with van der Waals surface area (Å²) in [6.45, 7) is 0. The quantitative estimate of drug-likeness (QED) is 0.158. The molecule has 4 heavy (non-hydrogen) atoms. The van der Waals surface area contributed by atoms with Gasteiger partial charge in [0.05, 0.1) is 0 Å². The number of hydrogen-bond acceptors (Lipinski definition) is 2.